The van der Waals surface area contributed by atoms with E-state index in [1.807, 2.05) is 31.2 Å². The van der Waals surface area contributed by atoms with Gasteiger partial charge in [-0.05, 0) is 37.3 Å². The molecule has 1 amide bonds. The minimum absolute atomic E-state index is 0.0326. The van der Waals surface area contributed by atoms with Gasteiger partial charge in [-0.3, -0.25) is 9.69 Å². The van der Waals surface area contributed by atoms with Crippen LogP contribution in [-0.4, -0.2) is 56.9 Å². The van der Waals surface area contributed by atoms with Crippen molar-refractivity contribution in [3.05, 3.63) is 42.5 Å². The summed E-state index contributed by atoms with van der Waals surface area (Å²) in [6.07, 6.45) is 1.03. The summed E-state index contributed by atoms with van der Waals surface area (Å²) >= 11 is 6.95. The van der Waals surface area contributed by atoms with E-state index in [0.717, 1.165) is 17.1 Å². The number of carbonyl (C=O) groups excluding carboxylic acids is 1. The number of amides is 1. The molecule has 2 heterocycles. The van der Waals surface area contributed by atoms with Crippen molar-refractivity contribution < 1.29 is 24.1 Å². The van der Waals surface area contributed by atoms with Crippen molar-refractivity contribution in [2.75, 3.05) is 12.9 Å². The predicted molar refractivity (Wildman–Crippen MR) is 135 cm³/mol. The SMILES string of the molecule is C=C[C@@H]1OC(c2ccc(OC)cc2)O[C@]1(C)CC[C@@H](O)CC(=O)N1C(=S)SC[C@H]1C(C)(C)C. The van der Waals surface area contributed by atoms with Gasteiger partial charge in [-0.25, -0.2) is 0 Å². The normalized spacial score (nSPS) is 28.7. The first-order valence-electron chi connectivity index (χ1n) is 11.2. The van der Waals surface area contributed by atoms with Gasteiger partial charge in [0.2, 0.25) is 5.91 Å². The number of benzene rings is 1. The molecule has 1 N–H and O–H groups in total. The Balaban J connectivity index is 1.60. The van der Waals surface area contributed by atoms with Gasteiger partial charge in [0.15, 0.2) is 6.29 Å². The highest BCUT2D eigenvalue weighted by atomic mass is 32.2. The van der Waals surface area contributed by atoms with Crippen LogP contribution >= 0.6 is 24.0 Å². The minimum Gasteiger partial charge on any atom is -0.497 e. The van der Waals surface area contributed by atoms with Gasteiger partial charge in [-0.1, -0.05) is 63.0 Å². The molecule has 2 saturated heterocycles. The number of carbonyl (C=O) groups is 1. The van der Waals surface area contributed by atoms with E-state index in [1.54, 1.807) is 18.1 Å². The van der Waals surface area contributed by atoms with Crippen LogP contribution in [0.1, 0.15) is 58.8 Å². The lowest BCUT2D eigenvalue weighted by Crippen LogP contribution is -2.46. The van der Waals surface area contributed by atoms with Crippen LogP contribution in [0.25, 0.3) is 0 Å². The number of nitrogens with zero attached hydrogens (tertiary/aromatic N) is 1. The molecule has 1 unspecified atom stereocenters. The number of thioether (sulfide) groups is 1. The molecule has 2 aliphatic heterocycles. The van der Waals surface area contributed by atoms with Crippen molar-refractivity contribution in [2.45, 2.75) is 77.1 Å². The first kappa shape index (κ1) is 26.2. The highest BCUT2D eigenvalue weighted by Crippen LogP contribution is 2.42. The topological polar surface area (TPSA) is 68.2 Å². The monoisotopic (exact) mass is 493 g/mol. The first-order chi connectivity index (χ1) is 15.5. The number of aliphatic hydroxyl groups excluding tert-OH is 1. The number of hydrogen-bond donors (Lipinski definition) is 1. The van der Waals surface area contributed by atoms with Crippen LogP contribution in [0.5, 0.6) is 5.75 Å². The molecule has 182 valence electrons. The molecule has 5 atom stereocenters. The van der Waals surface area contributed by atoms with E-state index in [1.165, 1.54) is 11.8 Å². The second-order valence-corrected chi connectivity index (χ2v) is 11.6. The molecule has 1 aromatic rings. The molecule has 3 rings (SSSR count). The zero-order valence-corrected chi connectivity index (χ0v) is 21.7. The Morgan fingerprint density at radius 2 is 2.09 bits per heavy atom. The number of ether oxygens (including phenoxy) is 3. The maximum absolute atomic E-state index is 13.0. The van der Waals surface area contributed by atoms with Crippen molar-refractivity contribution in [2.24, 2.45) is 5.41 Å². The summed E-state index contributed by atoms with van der Waals surface area (Å²) in [6.45, 7) is 12.2. The average molecular weight is 494 g/mol. The van der Waals surface area contributed by atoms with Gasteiger partial charge >= 0.3 is 0 Å². The van der Waals surface area contributed by atoms with Gasteiger partial charge in [0.05, 0.1) is 31.3 Å². The highest BCUT2D eigenvalue weighted by molar-refractivity contribution is 8.23. The second-order valence-electron chi connectivity index (χ2n) is 9.95. The third kappa shape index (κ3) is 5.98. The van der Waals surface area contributed by atoms with Crippen molar-refractivity contribution in [1.29, 1.82) is 0 Å². The minimum atomic E-state index is -0.794. The Morgan fingerprint density at radius 1 is 1.42 bits per heavy atom. The quantitative estimate of drug-likeness (QED) is 0.410. The molecule has 0 radical (unpaired) electrons. The lowest BCUT2D eigenvalue weighted by Gasteiger charge is -2.34. The molecule has 8 heteroatoms. The van der Waals surface area contributed by atoms with E-state index in [-0.39, 0.29) is 29.9 Å². The number of methoxy groups -OCH3 is 1. The van der Waals surface area contributed by atoms with Crippen LogP contribution in [0, 0.1) is 5.41 Å². The van der Waals surface area contributed by atoms with Crippen molar-refractivity contribution >= 4 is 34.2 Å². The molecule has 0 saturated carbocycles. The Labute approximate surface area is 206 Å². The lowest BCUT2D eigenvalue weighted by molar-refractivity contribution is -0.132. The van der Waals surface area contributed by atoms with Crippen LogP contribution in [-0.2, 0) is 14.3 Å². The third-order valence-electron chi connectivity index (χ3n) is 6.38. The highest BCUT2D eigenvalue weighted by Gasteiger charge is 2.46. The molecule has 1 aromatic carbocycles. The van der Waals surface area contributed by atoms with Gasteiger partial charge in [0.1, 0.15) is 16.2 Å². The van der Waals surface area contributed by atoms with E-state index >= 15 is 0 Å². The first-order valence-corrected chi connectivity index (χ1v) is 12.6. The maximum atomic E-state index is 13.0. The smallest absolute Gasteiger partial charge is 0.230 e. The van der Waals surface area contributed by atoms with Gasteiger partial charge in [-0.15, -0.1) is 6.58 Å². The molecule has 0 bridgehead atoms. The van der Waals surface area contributed by atoms with Gasteiger partial charge in [0.25, 0.3) is 0 Å². The summed E-state index contributed by atoms with van der Waals surface area (Å²) in [7, 11) is 1.62. The number of hydrogen-bond acceptors (Lipinski definition) is 7. The molecule has 6 nitrogen and oxygen atoms in total. The molecule has 0 aliphatic carbocycles. The van der Waals surface area contributed by atoms with Crippen LogP contribution < -0.4 is 4.74 Å². The summed E-state index contributed by atoms with van der Waals surface area (Å²) in [5.74, 6) is 1.43. The van der Waals surface area contributed by atoms with E-state index < -0.39 is 18.0 Å². The average Bonchev–Trinajstić information content (AvgIpc) is 3.32. The zero-order chi connectivity index (χ0) is 24.4. The molecular formula is C25H35NO5S2. The van der Waals surface area contributed by atoms with Crippen LogP contribution in [0.15, 0.2) is 36.9 Å². The van der Waals surface area contributed by atoms with Gasteiger partial charge in [0, 0.05) is 11.3 Å². The van der Waals surface area contributed by atoms with Crippen molar-refractivity contribution in [3.63, 3.8) is 0 Å². The van der Waals surface area contributed by atoms with E-state index in [0.29, 0.717) is 17.2 Å². The molecule has 2 fully saturated rings. The second kappa shape index (κ2) is 10.4. The Bertz CT molecular complexity index is 869. The fraction of sp³-hybridized carbons (Fsp3) is 0.600. The lowest BCUT2D eigenvalue weighted by atomic mass is 9.86. The summed E-state index contributed by atoms with van der Waals surface area (Å²) < 4.78 is 18.2. The van der Waals surface area contributed by atoms with E-state index in [4.69, 9.17) is 26.4 Å². The summed E-state index contributed by atoms with van der Waals surface area (Å²) in [6, 6.07) is 7.58. The zero-order valence-electron chi connectivity index (χ0n) is 20.1. The van der Waals surface area contributed by atoms with Crippen LogP contribution in [0.4, 0.5) is 0 Å². The number of rotatable bonds is 8. The van der Waals surface area contributed by atoms with Crippen molar-refractivity contribution in [3.8, 4) is 5.75 Å². The third-order valence-corrected chi connectivity index (χ3v) is 7.85. The molecule has 0 spiro atoms. The van der Waals surface area contributed by atoms with E-state index in [9.17, 15) is 9.90 Å². The molecule has 0 aromatic heterocycles. The summed E-state index contributed by atoms with van der Waals surface area (Å²) in [4.78, 5) is 14.7. The molecular weight excluding hydrogens is 458 g/mol. The fourth-order valence-corrected chi connectivity index (χ4v) is 5.97. The van der Waals surface area contributed by atoms with Crippen molar-refractivity contribution in [1.82, 2.24) is 4.90 Å². The predicted octanol–water partition coefficient (Wildman–Crippen LogP) is 4.86. The number of aliphatic hydroxyl groups is 1. The van der Waals surface area contributed by atoms with Crippen LogP contribution in [0.3, 0.4) is 0 Å². The molecule has 33 heavy (non-hydrogen) atoms. The summed E-state index contributed by atoms with van der Waals surface area (Å²) in [5.41, 5.74) is 0.142. The van der Waals surface area contributed by atoms with Gasteiger partial charge < -0.3 is 19.3 Å². The Hall–Kier alpha value is -1.45. The van der Waals surface area contributed by atoms with Crippen LogP contribution in [0.2, 0.25) is 0 Å². The fourth-order valence-electron chi connectivity index (χ4n) is 4.22. The van der Waals surface area contributed by atoms with E-state index in [2.05, 4.69) is 27.4 Å². The number of thiocarbonyl (C=S) groups is 1. The Kier molecular flexibility index (Phi) is 8.28. The van der Waals surface area contributed by atoms with Gasteiger partial charge in [-0.2, -0.15) is 0 Å². The Morgan fingerprint density at radius 3 is 2.67 bits per heavy atom. The maximum Gasteiger partial charge on any atom is 0.230 e. The largest absolute Gasteiger partial charge is 0.497 e. The summed E-state index contributed by atoms with van der Waals surface area (Å²) in [5, 5.41) is 10.7. The standard InChI is InChI=1S/C25H35NO5S2/c1-7-20-25(5,31-22(30-20)16-8-10-18(29-6)11-9-16)13-12-17(27)14-21(28)26-19(24(2,3)4)15-33-23(26)32/h7-11,17,19-20,22,27H,1,12-15H2,2-6H3/t17-,19+,20+,22?,25-/m1/s1. The molecule has 2 aliphatic rings.